The fourth-order valence-electron chi connectivity index (χ4n) is 2.66. The number of carboxylic acids is 1. The summed E-state index contributed by atoms with van der Waals surface area (Å²) in [7, 11) is 0. The highest BCUT2D eigenvalue weighted by Crippen LogP contribution is 2.21. The van der Waals surface area contributed by atoms with Crippen molar-refractivity contribution in [2.75, 3.05) is 0 Å². The largest absolute Gasteiger partial charge is 0.480 e. The summed E-state index contributed by atoms with van der Waals surface area (Å²) in [5, 5.41) is 17.6. The van der Waals surface area contributed by atoms with Crippen molar-refractivity contribution >= 4 is 5.97 Å². The normalized spacial score (nSPS) is 18.7. The van der Waals surface area contributed by atoms with Crippen LogP contribution in [0, 0.1) is 6.92 Å². The molecule has 1 N–H and O–H groups in total. The maximum atomic E-state index is 11.5. The number of nitrogens with zero attached hydrogens (tertiary/aromatic N) is 4. The molecule has 0 saturated heterocycles. The van der Waals surface area contributed by atoms with Crippen LogP contribution in [-0.2, 0) is 30.8 Å². The third kappa shape index (κ3) is 2.56. The first-order valence-electron chi connectivity index (χ1n) is 7.01. The number of rotatable bonds is 4. The van der Waals surface area contributed by atoms with E-state index in [9.17, 15) is 9.90 Å². The summed E-state index contributed by atoms with van der Waals surface area (Å²) in [6, 6.07) is 3.24. The first-order valence-corrected chi connectivity index (χ1v) is 7.01. The Morgan fingerprint density at radius 1 is 1.43 bits per heavy atom. The lowest BCUT2D eigenvalue weighted by Crippen LogP contribution is -2.47. The van der Waals surface area contributed by atoms with Crippen LogP contribution in [0.2, 0.25) is 0 Å². The number of carbonyl (C=O) groups is 1. The van der Waals surface area contributed by atoms with E-state index >= 15 is 0 Å². The van der Waals surface area contributed by atoms with Crippen LogP contribution in [0.3, 0.4) is 0 Å². The Morgan fingerprint density at radius 2 is 2.19 bits per heavy atom. The molecule has 1 aliphatic rings. The van der Waals surface area contributed by atoms with Crippen molar-refractivity contribution in [3.8, 4) is 0 Å². The molecule has 1 atom stereocenters. The van der Waals surface area contributed by atoms with Crippen LogP contribution >= 0.6 is 0 Å². The lowest BCUT2D eigenvalue weighted by molar-refractivity contribution is -0.145. The topological polar surface area (TPSA) is 84.4 Å². The number of hydrogen-bond acceptors (Lipinski definition) is 5. The zero-order valence-corrected chi connectivity index (χ0v) is 12.1. The molecule has 2 aromatic rings. The summed E-state index contributed by atoms with van der Waals surface area (Å²) < 4.78 is 7.55. The van der Waals surface area contributed by atoms with Crippen LogP contribution < -0.4 is 0 Å². The Morgan fingerprint density at radius 3 is 2.86 bits per heavy atom. The van der Waals surface area contributed by atoms with Gasteiger partial charge in [-0.3, -0.25) is 9.69 Å². The van der Waals surface area contributed by atoms with Gasteiger partial charge in [0.05, 0.1) is 19.6 Å². The van der Waals surface area contributed by atoms with E-state index in [4.69, 9.17) is 4.42 Å². The molecule has 0 fully saturated rings. The van der Waals surface area contributed by atoms with Crippen molar-refractivity contribution in [3.63, 3.8) is 0 Å². The summed E-state index contributed by atoms with van der Waals surface area (Å²) in [6.45, 7) is 5.15. The molecule has 0 bridgehead atoms. The molecule has 7 heteroatoms. The second kappa shape index (κ2) is 5.33. The molecule has 1 unspecified atom stereocenters. The second-order valence-corrected chi connectivity index (χ2v) is 5.25. The summed E-state index contributed by atoms with van der Waals surface area (Å²) >= 11 is 0. The Hall–Kier alpha value is -2.15. The number of hydrogen-bond donors (Lipinski definition) is 1. The number of furan rings is 1. The lowest BCUT2D eigenvalue weighted by Gasteiger charge is -2.32. The molecule has 0 amide bonds. The van der Waals surface area contributed by atoms with Crippen LogP contribution in [0.15, 0.2) is 16.5 Å². The molecule has 2 aromatic heterocycles. The molecule has 21 heavy (non-hydrogen) atoms. The minimum atomic E-state index is -0.837. The molecule has 3 heterocycles. The maximum absolute atomic E-state index is 11.5. The van der Waals surface area contributed by atoms with Crippen molar-refractivity contribution in [2.24, 2.45) is 0 Å². The molecule has 0 aliphatic carbocycles. The van der Waals surface area contributed by atoms with Crippen LogP contribution in [0.5, 0.6) is 0 Å². The maximum Gasteiger partial charge on any atom is 0.322 e. The highest BCUT2D eigenvalue weighted by atomic mass is 16.4. The summed E-state index contributed by atoms with van der Waals surface area (Å²) in [5.41, 5.74) is 0. The first-order chi connectivity index (χ1) is 10.1. The van der Waals surface area contributed by atoms with E-state index in [1.807, 2.05) is 35.4 Å². The molecule has 112 valence electrons. The highest BCUT2D eigenvalue weighted by molar-refractivity contribution is 5.73. The minimum Gasteiger partial charge on any atom is -0.480 e. The van der Waals surface area contributed by atoms with Gasteiger partial charge < -0.3 is 14.1 Å². The van der Waals surface area contributed by atoms with Gasteiger partial charge in [-0.15, -0.1) is 10.2 Å². The lowest BCUT2D eigenvalue weighted by atomic mass is 10.2. The zero-order chi connectivity index (χ0) is 15.0. The Kier molecular flexibility index (Phi) is 3.50. The van der Waals surface area contributed by atoms with E-state index in [1.54, 1.807) is 0 Å². The van der Waals surface area contributed by atoms with E-state index in [0.717, 1.165) is 29.6 Å². The van der Waals surface area contributed by atoms with Crippen molar-refractivity contribution < 1.29 is 14.3 Å². The number of fused-ring (bicyclic) bond motifs is 1. The van der Waals surface area contributed by atoms with Gasteiger partial charge in [0.2, 0.25) is 0 Å². The van der Waals surface area contributed by atoms with Crippen molar-refractivity contribution in [1.29, 1.82) is 0 Å². The molecule has 0 aromatic carbocycles. The second-order valence-electron chi connectivity index (χ2n) is 5.25. The highest BCUT2D eigenvalue weighted by Gasteiger charge is 2.33. The van der Waals surface area contributed by atoms with E-state index in [0.29, 0.717) is 19.6 Å². The van der Waals surface area contributed by atoms with Crippen molar-refractivity contribution in [1.82, 2.24) is 19.7 Å². The van der Waals surface area contributed by atoms with E-state index in [2.05, 4.69) is 10.2 Å². The molecule has 1 aliphatic heterocycles. The fourth-order valence-corrected chi connectivity index (χ4v) is 2.66. The number of aliphatic carboxylic acids is 1. The summed E-state index contributed by atoms with van der Waals surface area (Å²) in [5.74, 6) is 2.40. The van der Waals surface area contributed by atoms with E-state index < -0.39 is 12.0 Å². The van der Waals surface area contributed by atoms with Crippen LogP contribution in [0.4, 0.5) is 0 Å². The molecular weight excluding hydrogens is 272 g/mol. The van der Waals surface area contributed by atoms with Gasteiger partial charge in [-0.05, 0) is 19.1 Å². The summed E-state index contributed by atoms with van der Waals surface area (Å²) in [4.78, 5) is 13.4. The predicted octanol–water partition coefficient (Wildman–Crippen LogP) is 1.21. The number of aromatic nitrogens is 3. The first kappa shape index (κ1) is 13.8. The molecule has 0 radical (unpaired) electrons. The van der Waals surface area contributed by atoms with Crippen LogP contribution in [-0.4, -0.2) is 36.8 Å². The molecule has 3 rings (SSSR count). The van der Waals surface area contributed by atoms with Crippen LogP contribution in [0.25, 0.3) is 0 Å². The van der Waals surface area contributed by atoms with E-state index in [-0.39, 0.29) is 0 Å². The quantitative estimate of drug-likeness (QED) is 0.911. The van der Waals surface area contributed by atoms with Gasteiger partial charge in [0.1, 0.15) is 29.2 Å². The van der Waals surface area contributed by atoms with Crippen LogP contribution in [0.1, 0.15) is 30.1 Å². The van der Waals surface area contributed by atoms with Gasteiger partial charge in [-0.1, -0.05) is 6.92 Å². The molecule has 7 nitrogen and oxygen atoms in total. The van der Waals surface area contributed by atoms with E-state index in [1.165, 1.54) is 0 Å². The molecule has 0 saturated carbocycles. The number of carboxylic acid groups (broad SMARTS) is 1. The minimum absolute atomic E-state index is 0.366. The van der Waals surface area contributed by atoms with Gasteiger partial charge in [-0.25, -0.2) is 0 Å². The van der Waals surface area contributed by atoms with Crippen molar-refractivity contribution in [2.45, 2.75) is 45.9 Å². The van der Waals surface area contributed by atoms with Gasteiger partial charge in [0.25, 0.3) is 0 Å². The zero-order valence-electron chi connectivity index (χ0n) is 12.1. The van der Waals surface area contributed by atoms with Crippen molar-refractivity contribution in [3.05, 3.63) is 35.3 Å². The Balaban J connectivity index is 1.84. The molecule has 0 spiro atoms. The third-order valence-corrected chi connectivity index (χ3v) is 3.86. The predicted molar refractivity (Wildman–Crippen MR) is 73.5 cm³/mol. The average Bonchev–Trinajstić information content (AvgIpc) is 3.05. The monoisotopic (exact) mass is 290 g/mol. The SMILES string of the molecule is CCc1ccc(CN2Cc3nnc(C)n3CC2C(=O)O)o1. The fraction of sp³-hybridized carbons (Fsp3) is 0.500. The number of aryl methyl sites for hydroxylation is 2. The Labute approximate surface area is 122 Å². The Bertz CT molecular complexity index is 661. The standard InChI is InChI=1S/C14H18N4O3/c1-3-10-4-5-11(21-10)6-17-8-13-16-15-9(2)18(13)7-12(17)14(19)20/h4-5,12H,3,6-8H2,1-2H3,(H,19,20). The van der Waals surface area contributed by atoms with Gasteiger partial charge in [-0.2, -0.15) is 0 Å². The smallest absolute Gasteiger partial charge is 0.322 e. The van der Waals surface area contributed by atoms with Gasteiger partial charge in [0, 0.05) is 6.42 Å². The summed E-state index contributed by atoms with van der Waals surface area (Å²) in [6.07, 6.45) is 0.829. The molecular formula is C14H18N4O3. The average molecular weight is 290 g/mol. The third-order valence-electron chi connectivity index (χ3n) is 3.86. The van der Waals surface area contributed by atoms with Gasteiger partial charge in [0.15, 0.2) is 0 Å². The van der Waals surface area contributed by atoms with Gasteiger partial charge >= 0.3 is 5.97 Å².